The Morgan fingerprint density at radius 1 is 1.07 bits per heavy atom. The lowest BCUT2D eigenvalue weighted by Crippen LogP contribution is -2.25. The van der Waals surface area contributed by atoms with Crippen LogP contribution in [0.25, 0.3) is 10.8 Å². The molecule has 1 heterocycles. The molecule has 1 aromatic heterocycles. The van der Waals surface area contributed by atoms with Crippen LogP contribution in [-0.2, 0) is 22.5 Å². The number of benzene rings is 2. The molecule has 0 unspecified atom stereocenters. The summed E-state index contributed by atoms with van der Waals surface area (Å²) >= 11 is 0. The summed E-state index contributed by atoms with van der Waals surface area (Å²) in [4.78, 5) is 24.7. The fourth-order valence-corrected chi connectivity index (χ4v) is 3.03. The number of ether oxygens (including phenoxy) is 2. The molecule has 0 aliphatic heterocycles. The van der Waals surface area contributed by atoms with Crippen molar-refractivity contribution < 1.29 is 14.3 Å². The molecule has 3 aromatic rings. The molecule has 5 heteroatoms. The summed E-state index contributed by atoms with van der Waals surface area (Å²) in [6.45, 7) is 4.15. The molecule has 146 valence electrons. The lowest BCUT2D eigenvalue weighted by Gasteiger charge is -2.11. The zero-order chi connectivity index (χ0) is 19.9. The standard InChI is InChI=1S/C23H25NO4/c1-17(2)28-20-10-11-21-19(15-20)12-13-24(23(21)26)16-22(25)27-14-6-9-18-7-4-3-5-8-18/h3-5,7-8,10-13,15,17H,6,9,14,16H2,1-2H3. The van der Waals surface area contributed by atoms with Crippen LogP contribution in [0.15, 0.2) is 65.6 Å². The second-order valence-corrected chi connectivity index (χ2v) is 6.97. The average molecular weight is 379 g/mol. The molecule has 0 radical (unpaired) electrons. The quantitative estimate of drug-likeness (QED) is 0.439. The van der Waals surface area contributed by atoms with Crippen LogP contribution in [0.1, 0.15) is 25.8 Å². The van der Waals surface area contributed by atoms with Crippen LogP contribution >= 0.6 is 0 Å². The molecule has 0 N–H and O–H groups in total. The number of hydrogen-bond acceptors (Lipinski definition) is 4. The minimum atomic E-state index is -0.408. The predicted octanol–water partition coefficient (Wildman–Crippen LogP) is 3.96. The molecular weight excluding hydrogens is 354 g/mol. The van der Waals surface area contributed by atoms with Gasteiger partial charge in [-0.25, -0.2) is 0 Å². The number of nitrogens with zero attached hydrogens (tertiary/aromatic N) is 1. The maximum absolute atomic E-state index is 12.6. The van der Waals surface area contributed by atoms with Crippen LogP contribution in [0.2, 0.25) is 0 Å². The van der Waals surface area contributed by atoms with Crippen molar-refractivity contribution in [3.05, 3.63) is 76.7 Å². The summed E-state index contributed by atoms with van der Waals surface area (Å²) in [6, 6.07) is 17.2. The summed E-state index contributed by atoms with van der Waals surface area (Å²) < 4.78 is 12.3. The van der Waals surface area contributed by atoms with Crippen LogP contribution < -0.4 is 10.3 Å². The first-order chi connectivity index (χ1) is 13.5. The molecule has 0 amide bonds. The van der Waals surface area contributed by atoms with Gasteiger partial charge in [-0.15, -0.1) is 0 Å². The van der Waals surface area contributed by atoms with E-state index < -0.39 is 5.97 Å². The van der Waals surface area contributed by atoms with Gasteiger partial charge in [-0.05, 0) is 61.9 Å². The Balaban J connectivity index is 1.58. The van der Waals surface area contributed by atoms with Crippen molar-refractivity contribution in [2.45, 2.75) is 39.3 Å². The highest BCUT2D eigenvalue weighted by Gasteiger charge is 2.09. The number of esters is 1. The average Bonchev–Trinajstić information content (AvgIpc) is 2.68. The second-order valence-electron chi connectivity index (χ2n) is 6.97. The van der Waals surface area contributed by atoms with Gasteiger partial charge in [0.15, 0.2) is 0 Å². The highest BCUT2D eigenvalue weighted by Crippen LogP contribution is 2.19. The van der Waals surface area contributed by atoms with Crippen LogP contribution in [0, 0.1) is 0 Å². The van der Waals surface area contributed by atoms with Crippen molar-refractivity contribution >= 4 is 16.7 Å². The minimum Gasteiger partial charge on any atom is -0.491 e. The number of rotatable bonds is 8. The van der Waals surface area contributed by atoms with Gasteiger partial charge in [0.25, 0.3) is 5.56 Å². The smallest absolute Gasteiger partial charge is 0.326 e. The fraction of sp³-hybridized carbons (Fsp3) is 0.304. The van der Waals surface area contributed by atoms with Crippen LogP contribution in [0.3, 0.4) is 0 Å². The Bertz CT molecular complexity index is 992. The van der Waals surface area contributed by atoms with Crippen LogP contribution in [0.4, 0.5) is 0 Å². The molecule has 28 heavy (non-hydrogen) atoms. The van der Waals surface area contributed by atoms with E-state index in [0.717, 1.165) is 24.0 Å². The Hall–Kier alpha value is -3.08. The van der Waals surface area contributed by atoms with Crippen molar-refractivity contribution in [3.63, 3.8) is 0 Å². The maximum Gasteiger partial charge on any atom is 0.326 e. The lowest BCUT2D eigenvalue weighted by atomic mass is 10.1. The number of aryl methyl sites for hydroxylation is 1. The van der Waals surface area contributed by atoms with Gasteiger partial charge in [-0.3, -0.25) is 9.59 Å². The van der Waals surface area contributed by atoms with Gasteiger partial charge in [0.2, 0.25) is 0 Å². The van der Waals surface area contributed by atoms with E-state index >= 15 is 0 Å². The molecule has 0 saturated carbocycles. The molecular formula is C23H25NO4. The van der Waals surface area contributed by atoms with Gasteiger partial charge in [0, 0.05) is 11.6 Å². The van der Waals surface area contributed by atoms with Crippen LogP contribution in [-0.4, -0.2) is 23.2 Å². The van der Waals surface area contributed by atoms with E-state index in [4.69, 9.17) is 9.47 Å². The Labute approximate surface area is 164 Å². The first-order valence-corrected chi connectivity index (χ1v) is 9.52. The van der Waals surface area contributed by atoms with E-state index in [9.17, 15) is 9.59 Å². The highest BCUT2D eigenvalue weighted by molar-refractivity contribution is 5.83. The number of fused-ring (bicyclic) bond motifs is 1. The second kappa shape index (κ2) is 9.22. The number of carbonyl (C=O) groups is 1. The molecule has 0 saturated heterocycles. The molecule has 0 spiro atoms. The van der Waals surface area contributed by atoms with E-state index in [-0.39, 0.29) is 18.2 Å². The largest absolute Gasteiger partial charge is 0.491 e. The van der Waals surface area contributed by atoms with Crippen molar-refractivity contribution in [2.24, 2.45) is 0 Å². The molecule has 0 bridgehead atoms. The third kappa shape index (κ3) is 5.22. The van der Waals surface area contributed by atoms with Crippen molar-refractivity contribution in [3.8, 4) is 5.75 Å². The summed E-state index contributed by atoms with van der Waals surface area (Å²) in [7, 11) is 0. The molecule has 2 aromatic carbocycles. The van der Waals surface area contributed by atoms with Crippen molar-refractivity contribution in [1.82, 2.24) is 4.57 Å². The number of pyridine rings is 1. The summed E-state index contributed by atoms with van der Waals surface area (Å²) in [5, 5.41) is 1.34. The minimum absolute atomic E-state index is 0.0643. The molecule has 0 aliphatic carbocycles. The van der Waals surface area contributed by atoms with Gasteiger partial charge in [-0.1, -0.05) is 30.3 Å². The van der Waals surface area contributed by atoms with Crippen LogP contribution in [0.5, 0.6) is 5.75 Å². The number of hydrogen-bond donors (Lipinski definition) is 0. The molecule has 3 rings (SSSR count). The summed E-state index contributed by atoms with van der Waals surface area (Å²) in [5.74, 6) is 0.312. The SMILES string of the molecule is CC(C)Oc1ccc2c(=O)n(CC(=O)OCCCc3ccccc3)ccc2c1. The zero-order valence-corrected chi connectivity index (χ0v) is 16.3. The van der Waals surface area contributed by atoms with Gasteiger partial charge >= 0.3 is 5.97 Å². The van der Waals surface area contributed by atoms with Gasteiger partial charge in [0.05, 0.1) is 12.7 Å². The first-order valence-electron chi connectivity index (χ1n) is 9.52. The lowest BCUT2D eigenvalue weighted by molar-refractivity contribution is -0.144. The molecule has 0 fully saturated rings. The van der Waals surface area contributed by atoms with Gasteiger partial charge < -0.3 is 14.0 Å². The van der Waals surface area contributed by atoms with E-state index in [1.165, 1.54) is 10.1 Å². The predicted molar refractivity (Wildman–Crippen MR) is 110 cm³/mol. The summed E-state index contributed by atoms with van der Waals surface area (Å²) in [5.41, 5.74) is 1.000. The maximum atomic E-state index is 12.6. The third-order valence-corrected chi connectivity index (χ3v) is 4.34. The molecule has 0 aliphatic rings. The summed E-state index contributed by atoms with van der Waals surface area (Å²) in [6.07, 6.45) is 3.29. The normalized spacial score (nSPS) is 11.0. The number of aromatic nitrogens is 1. The third-order valence-electron chi connectivity index (χ3n) is 4.34. The van der Waals surface area contributed by atoms with E-state index in [2.05, 4.69) is 0 Å². The monoisotopic (exact) mass is 379 g/mol. The van der Waals surface area contributed by atoms with Crippen molar-refractivity contribution in [2.75, 3.05) is 6.61 Å². The number of carbonyl (C=O) groups excluding carboxylic acids is 1. The van der Waals surface area contributed by atoms with Crippen molar-refractivity contribution in [1.29, 1.82) is 0 Å². The molecule has 0 atom stereocenters. The van der Waals surface area contributed by atoms with Gasteiger partial charge in [0.1, 0.15) is 12.3 Å². The Morgan fingerprint density at radius 2 is 1.86 bits per heavy atom. The van der Waals surface area contributed by atoms with E-state index in [0.29, 0.717) is 12.0 Å². The first kappa shape index (κ1) is 19.7. The van der Waals surface area contributed by atoms with E-state index in [1.807, 2.05) is 56.3 Å². The Morgan fingerprint density at radius 3 is 2.61 bits per heavy atom. The zero-order valence-electron chi connectivity index (χ0n) is 16.3. The highest BCUT2D eigenvalue weighted by atomic mass is 16.5. The Kier molecular flexibility index (Phi) is 6.48. The molecule has 5 nitrogen and oxygen atoms in total. The fourth-order valence-electron chi connectivity index (χ4n) is 3.03. The van der Waals surface area contributed by atoms with Gasteiger partial charge in [-0.2, -0.15) is 0 Å². The van der Waals surface area contributed by atoms with E-state index in [1.54, 1.807) is 18.3 Å². The topological polar surface area (TPSA) is 57.5 Å².